The molecule has 1 saturated carbocycles. The molecule has 1 fully saturated rings. The van der Waals surface area contributed by atoms with Gasteiger partial charge < -0.3 is 19.9 Å². The second-order valence-corrected chi connectivity index (χ2v) is 6.85. The monoisotopic (exact) mass is 383 g/mol. The Bertz CT molecular complexity index is 797. The molecule has 0 bridgehead atoms. The highest BCUT2D eigenvalue weighted by Crippen LogP contribution is 2.28. The number of benzene rings is 2. The highest BCUT2D eigenvalue weighted by Gasteiger charge is 2.21. The van der Waals surface area contributed by atoms with E-state index < -0.39 is 5.97 Å². The summed E-state index contributed by atoms with van der Waals surface area (Å²) in [5.41, 5.74) is 0.884. The van der Waals surface area contributed by atoms with E-state index in [0.717, 1.165) is 25.7 Å². The third-order valence-corrected chi connectivity index (χ3v) is 4.83. The van der Waals surface area contributed by atoms with Gasteiger partial charge in [0.15, 0.2) is 0 Å². The third kappa shape index (κ3) is 5.49. The number of carboxylic acids is 1. The molecule has 2 aromatic rings. The largest absolute Gasteiger partial charge is 0.490 e. The summed E-state index contributed by atoms with van der Waals surface area (Å²) in [5.74, 6) is 0.357. The van der Waals surface area contributed by atoms with Crippen LogP contribution in [-0.4, -0.2) is 30.2 Å². The summed E-state index contributed by atoms with van der Waals surface area (Å²) in [4.78, 5) is 23.3. The van der Waals surface area contributed by atoms with Gasteiger partial charge in [0.2, 0.25) is 5.91 Å². The van der Waals surface area contributed by atoms with Gasteiger partial charge in [-0.1, -0.05) is 31.4 Å². The molecule has 0 spiro atoms. The van der Waals surface area contributed by atoms with Crippen molar-refractivity contribution in [1.29, 1.82) is 0 Å². The summed E-state index contributed by atoms with van der Waals surface area (Å²) in [5, 5.41) is 11.9. The predicted octanol–water partition coefficient (Wildman–Crippen LogP) is 4.36. The van der Waals surface area contributed by atoms with E-state index >= 15 is 0 Å². The Balaban J connectivity index is 1.49. The van der Waals surface area contributed by atoms with Crippen LogP contribution in [0.2, 0.25) is 0 Å². The van der Waals surface area contributed by atoms with Crippen molar-refractivity contribution in [3.8, 4) is 11.5 Å². The average Bonchev–Trinajstić information content (AvgIpc) is 2.73. The summed E-state index contributed by atoms with van der Waals surface area (Å²) >= 11 is 0. The molecule has 2 N–H and O–H groups in total. The lowest BCUT2D eigenvalue weighted by Gasteiger charge is -2.21. The molecule has 0 unspecified atom stereocenters. The molecular weight excluding hydrogens is 358 g/mol. The zero-order chi connectivity index (χ0) is 19.8. The standard InChI is InChI=1S/C22H25NO5/c24-21(16-6-2-1-3-7-16)23-19-8-4-5-9-20(19)28-15-14-27-18-12-10-17(11-13-18)22(25)26/h4-5,8-13,16H,1-3,6-7,14-15H2,(H,23,24)(H,25,26). The summed E-state index contributed by atoms with van der Waals surface area (Å²) in [7, 11) is 0. The van der Waals surface area contributed by atoms with E-state index in [2.05, 4.69) is 5.32 Å². The van der Waals surface area contributed by atoms with Gasteiger partial charge in [-0.3, -0.25) is 4.79 Å². The smallest absolute Gasteiger partial charge is 0.335 e. The lowest BCUT2D eigenvalue weighted by molar-refractivity contribution is -0.120. The van der Waals surface area contributed by atoms with Crippen molar-refractivity contribution < 1.29 is 24.2 Å². The second-order valence-electron chi connectivity index (χ2n) is 6.85. The molecule has 0 heterocycles. The summed E-state index contributed by atoms with van der Waals surface area (Å²) in [6, 6.07) is 13.6. The van der Waals surface area contributed by atoms with Crippen molar-refractivity contribution in [2.45, 2.75) is 32.1 Å². The van der Waals surface area contributed by atoms with Crippen molar-refractivity contribution in [2.24, 2.45) is 5.92 Å². The molecule has 3 rings (SSSR count). The quantitative estimate of drug-likeness (QED) is 0.662. The number of carbonyl (C=O) groups is 2. The van der Waals surface area contributed by atoms with E-state index in [4.69, 9.17) is 14.6 Å². The van der Waals surface area contributed by atoms with E-state index in [1.54, 1.807) is 12.1 Å². The number of aromatic carboxylic acids is 1. The number of hydrogen-bond donors (Lipinski definition) is 2. The Hall–Kier alpha value is -3.02. The Morgan fingerprint density at radius 3 is 2.32 bits per heavy atom. The van der Waals surface area contributed by atoms with Crippen LogP contribution < -0.4 is 14.8 Å². The lowest BCUT2D eigenvalue weighted by atomic mass is 9.88. The molecule has 1 aliphatic rings. The van der Waals surface area contributed by atoms with Gasteiger partial charge in [-0.2, -0.15) is 0 Å². The minimum atomic E-state index is -0.971. The maximum atomic E-state index is 12.5. The van der Waals surface area contributed by atoms with Gasteiger partial charge in [0.1, 0.15) is 24.7 Å². The van der Waals surface area contributed by atoms with E-state index in [-0.39, 0.29) is 17.4 Å². The Labute approximate surface area is 164 Å². The highest BCUT2D eigenvalue weighted by molar-refractivity contribution is 5.94. The van der Waals surface area contributed by atoms with Crippen LogP contribution in [0.15, 0.2) is 48.5 Å². The Kier molecular flexibility index (Phi) is 6.89. The maximum absolute atomic E-state index is 12.5. The first-order valence-corrected chi connectivity index (χ1v) is 9.62. The van der Waals surface area contributed by atoms with Crippen LogP contribution in [0, 0.1) is 5.92 Å². The number of hydrogen-bond acceptors (Lipinski definition) is 4. The van der Waals surface area contributed by atoms with Gasteiger partial charge in [0.25, 0.3) is 0 Å². The molecule has 0 atom stereocenters. The molecule has 0 aromatic heterocycles. The molecular formula is C22H25NO5. The van der Waals surface area contributed by atoms with Crippen molar-refractivity contribution in [3.63, 3.8) is 0 Å². The first-order valence-electron chi connectivity index (χ1n) is 9.62. The molecule has 0 radical (unpaired) electrons. The summed E-state index contributed by atoms with van der Waals surface area (Å²) in [6.45, 7) is 0.605. The number of nitrogens with one attached hydrogen (secondary N) is 1. The number of ether oxygens (including phenoxy) is 2. The van der Waals surface area contributed by atoms with Gasteiger partial charge in [-0.05, 0) is 49.2 Å². The van der Waals surface area contributed by atoms with E-state index in [1.807, 2.05) is 24.3 Å². The van der Waals surface area contributed by atoms with Crippen LogP contribution >= 0.6 is 0 Å². The predicted molar refractivity (Wildman–Crippen MR) is 106 cm³/mol. The number of para-hydroxylation sites is 2. The molecule has 28 heavy (non-hydrogen) atoms. The van der Waals surface area contributed by atoms with Gasteiger partial charge in [0, 0.05) is 5.92 Å². The third-order valence-electron chi connectivity index (χ3n) is 4.83. The van der Waals surface area contributed by atoms with Crippen molar-refractivity contribution in [3.05, 3.63) is 54.1 Å². The minimum Gasteiger partial charge on any atom is -0.490 e. The van der Waals surface area contributed by atoms with Crippen LogP contribution in [0.3, 0.4) is 0 Å². The fourth-order valence-electron chi connectivity index (χ4n) is 3.30. The van der Waals surface area contributed by atoms with E-state index in [0.29, 0.717) is 30.4 Å². The van der Waals surface area contributed by atoms with E-state index in [9.17, 15) is 9.59 Å². The highest BCUT2D eigenvalue weighted by atomic mass is 16.5. The zero-order valence-corrected chi connectivity index (χ0v) is 15.7. The number of rotatable bonds is 8. The molecule has 6 heteroatoms. The average molecular weight is 383 g/mol. The fourth-order valence-corrected chi connectivity index (χ4v) is 3.30. The van der Waals surface area contributed by atoms with Crippen molar-refractivity contribution in [1.82, 2.24) is 0 Å². The number of amides is 1. The fraction of sp³-hybridized carbons (Fsp3) is 0.364. The summed E-state index contributed by atoms with van der Waals surface area (Å²) < 4.78 is 11.3. The maximum Gasteiger partial charge on any atom is 0.335 e. The lowest BCUT2D eigenvalue weighted by Crippen LogP contribution is -2.25. The zero-order valence-electron chi connectivity index (χ0n) is 15.7. The first kappa shape index (κ1) is 19.7. The van der Waals surface area contributed by atoms with Gasteiger partial charge in [-0.15, -0.1) is 0 Å². The van der Waals surface area contributed by atoms with Crippen LogP contribution in [0.1, 0.15) is 42.5 Å². The minimum absolute atomic E-state index is 0.0607. The van der Waals surface area contributed by atoms with Crippen molar-refractivity contribution >= 4 is 17.6 Å². The molecule has 1 aliphatic carbocycles. The topological polar surface area (TPSA) is 84.9 Å². The van der Waals surface area contributed by atoms with Gasteiger partial charge in [-0.25, -0.2) is 4.79 Å². The van der Waals surface area contributed by atoms with Gasteiger partial charge >= 0.3 is 5.97 Å². The molecule has 2 aromatic carbocycles. The van der Waals surface area contributed by atoms with Crippen LogP contribution in [-0.2, 0) is 4.79 Å². The van der Waals surface area contributed by atoms with E-state index in [1.165, 1.54) is 18.6 Å². The molecule has 0 saturated heterocycles. The van der Waals surface area contributed by atoms with Crippen LogP contribution in [0.4, 0.5) is 5.69 Å². The van der Waals surface area contributed by atoms with Crippen LogP contribution in [0.25, 0.3) is 0 Å². The normalized spacial score (nSPS) is 14.3. The molecule has 0 aliphatic heterocycles. The second kappa shape index (κ2) is 9.78. The molecule has 6 nitrogen and oxygen atoms in total. The van der Waals surface area contributed by atoms with Gasteiger partial charge in [0.05, 0.1) is 11.3 Å². The first-order chi connectivity index (χ1) is 13.6. The number of carbonyl (C=O) groups excluding carboxylic acids is 1. The molecule has 148 valence electrons. The summed E-state index contributed by atoms with van der Waals surface area (Å²) in [6.07, 6.45) is 5.33. The number of anilines is 1. The number of carboxylic acid groups (broad SMARTS) is 1. The SMILES string of the molecule is O=C(O)c1ccc(OCCOc2ccccc2NC(=O)C2CCCCC2)cc1. The van der Waals surface area contributed by atoms with Crippen LogP contribution in [0.5, 0.6) is 11.5 Å². The Morgan fingerprint density at radius 2 is 1.61 bits per heavy atom. The van der Waals surface area contributed by atoms with Crippen molar-refractivity contribution in [2.75, 3.05) is 18.5 Å². The molecule has 1 amide bonds. The Morgan fingerprint density at radius 1 is 0.929 bits per heavy atom.